The molecule has 0 atom stereocenters. The number of hydrogen-bond donors (Lipinski definition) is 1. The Morgan fingerprint density at radius 1 is 0.893 bits per heavy atom. The molecule has 3 aromatic carbocycles. The lowest BCUT2D eigenvalue weighted by Crippen LogP contribution is -2.22. The molecule has 0 aliphatic heterocycles. The molecular formula is C24H21N3O. The van der Waals surface area contributed by atoms with E-state index in [1.165, 1.54) is 0 Å². The second-order valence-electron chi connectivity index (χ2n) is 6.64. The highest BCUT2D eigenvalue weighted by molar-refractivity contribution is 5.94. The molecule has 0 aliphatic rings. The van der Waals surface area contributed by atoms with E-state index in [0.29, 0.717) is 12.1 Å². The summed E-state index contributed by atoms with van der Waals surface area (Å²) < 4.78 is 2.02. The average Bonchev–Trinajstić information content (AvgIpc) is 3.19. The first-order chi connectivity index (χ1) is 13.7. The lowest BCUT2D eigenvalue weighted by atomic mass is 10.0. The van der Waals surface area contributed by atoms with Crippen LogP contribution in [0.5, 0.6) is 0 Å². The number of amides is 1. The summed E-state index contributed by atoms with van der Waals surface area (Å²) in [7, 11) is 0. The molecule has 0 radical (unpaired) electrons. The minimum absolute atomic E-state index is 0.0749. The minimum atomic E-state index is -0.0749. The van der Waals surface area contributed by atoms with Crippen LogP contribution in [0, 0.1) is 6.92 Å². The van der Waals surface area contributed by atoms with Crippen molar-refractivity contribution in [3.05, 3.63) is 108 Å². The van der Waals surface area contributed by atoms with Gasteiger partial charge in [0.05, 0.1) is 0 Å². The number of rotatable bonds is 5. The third kappa shape index (κ3) is 3.86. The van der Waals surface area contributed by atoms with E-state index in [1.54, 1.807) is 6.20 Å². The topological polar surface area (TPSA) is 46.9 Å². The van der Waals surface area contributed by atoms with Crippen molar-refractivity contribution in [3.8, 4) is 16.8 Å². The summed E-state index contributed by atoms with van der Waals surface area (Å²) in [5.74, 6) is 0.870. The van der Waals surface area contributed by atoms with Gasteiger partial charge in [0.25, 0.3) is 5.91 Å². The SMILES string of the molecule is Cc1nccn1-c1ccc(CNC(=O)c2ccc(-c3ccccc3)cc2)cc1. The predicted octanol–water partition coefficient (Wildman–Crippen LogP) is 4.78. The number of imidazole rings is 1. The fourth-order valence-corrected chi connectivity index (χ4v) is 3.15. The summed E-state index contributed by atoms with van der Waals surface area (Å²) in [5.41, 5.74) is 5.01. The Labute approximate surface area is 164 Å². The number of nitrogens with one attached hydrogen (secondary N) is 1. The second-order valence-corrected chi connectivity index (χ2v) is 6.64. The van der Waals surface area contributed by atoms with E-state index in [2.05, 4.69) is 22.4 Å². The Hall–Kier alpha value is -3.66. The van der Waals surface area contributed by atoms with E-state index < -0.39 is 0 Å². The standard InChI is InChI=1S/C24H21N3O/c1-18-25-15-16-27(18)23-13-7-19(8-14-23)17-26-24(28)22-11-9-21(10-12-22)20-5-3-2-4-6-20/h2-16H,17H2,1H3,(H,26,28). The van der Waals surface area contributed by atoms with Gasteiger partial charge >= 0.3 is 0 Å². The quantitative estimate of drug-likeness (QED) is 0.552. The third-order valence-corrected chi connectivity index (χ3v) is 4.75. The molecular weight excluding hydrogens is 346 g/mol. The van der Waals surface area contributed by atoms with Crippen LogP contribution >= 0.6 is 0 Å². The fourth-order valence-electron chi connectivity index (χ4n) is 3.15. The van der Waals surface area contributed by atoms with Crippen LogP contribution in [0.1, 0.15) is 21.7 Å². The van der Waals surface area contributed by atoms with Gasteiger partial charge in [0, 0.05) is 30.2 Å². The smallest absolute Gasteiger partial charge is 0.251 e. The van der Waals surface area contributed by atoms with Gasteiger partial charge in [-0.1, -0.05) is 54.6 Å². The molecule has 1 heterocycles. The minimum Gasteiger partial charge on any atom is -0.348 e. The third-order valence-electron chi connectivity index (χ3n) is 4.75. The summed E-state index contributed by atoms with van der Waals surface area (Å²) in [4.78, 5) is 16.7. The van der Waals surface area contributed by atoms with Crippen LogP contribution in [0.15, 0.2) is 91.3 Å². The van der Waals surface area contributed by atoms with Gasteiger partial charge in [0.15, 0.2) is 0 Å². The normalized spacial score (nSPS) is 10.6. The molecule has 0 saturated heterocycles. The molecule has 4 rings (SSSR count). The number of hydrogen-bond acceptors (Lipinski definition) is 2. The van der Waals surface area contributed by atoms with Crippen LogP contribution in [0.2, 0.25) is 0 Å². The van der Waals surface area contributed by atoms with Gasteiger partial charge in [0.1, 0.15) is 5.82 Å². The van der Waals surface area contributed by atoms with Gasteiger partial charge in [-0.3, -0.25) is 4.79 Å². The van der Waals surface area contributed by atoms with Gasteiger partial charge in [0.2, 0.25) is 0 Å². The van der Waals surface area contributed by atoms with E-state index in [-0.39, 0.29) is 5.91 Å². The average molecular weight is 367 g/mol. The molecule has 1 N–H and O–H groups in total. The molecule has 4 heteroatoms. The van der Waals surface area contributed by atoms with Gasteiger partial charge in [-0.05, 0) is 47.9 Å². The molecule has 0 aliphatic carbocycles. The Kier molecular flexibility index (Phi) is 5.02. The van der Waals surface area contributed by atoms with Crippen molar-refractivity contribution in [3.63, 3.8) is 0 Å². The van der Waals surface area contributed by atoms with Crippen LogP contribution in [0.4, 0.5) is 0 Å². The second kappa shape index (κ2) is 7.92. The van der Waals surface area contributed by atoms with Crippen molar-refractivity contribution < 1.29 is 4.79 Å². The maximum absolute atomic E-state index is 12.4. The maximum atomic E-state index is 12.4. The van der Waals surface area contributed by atoms with Crippen molar-refractivity contribution in [1.82, 2.24) is 14.9 Å². The first-order valence-corrected chi connectivity index (χ1v) is 9.24. The summed E-state index contributed by atoms with van der Waals surface area (Å²) in [6, 6.07) is 25.9. The number of benzene rings is 3. The van der Waals surface area contributed by atoms with Gasteiger partial charge in [-0.2, -0.15) is 0 Å². The Morgan fingerprint density at radius 3 is 2.21 bits per heavy atom. The van der Waals surface area contributed by atoms with Crippen LogP contribution in [-0.2, 0) is 6.54 Å². The Morgan fingerprint density at radius 2 is 1.57 bits per heavy atom. The maximum Gasteiger partial charge on any atom is 0.251 e. The Bertz CT molecular complexity index is 1070. The number of nitrogens with zero attached hydrogens (tertiary/aromatic N) is 2. The van der Waals surface area contributed by atoms with E-state index in [9.17, 15) is 4.79 Å². The predicted molar refractivity (Wildman–Crippen MR) is 111 cm³/mol. The van der Waals surface area contributed by atoms with Gasteiger partial charge in [-0.25, -0.2) is 4.98 Å². The number of aromatic nitrogens is 2. The molecule has 1 amide bonds. The fraction of sp³-hybridized carbons (Fsp3) is 0.0833. The summed E-state index contributed by atoms with van der Waals surface area (Å²) in [6.45, 7) is 2.46. The van der Waals surface area contributed by atoms with Crippen molar-refractivity contribution >= 4 is 5.91 Å². The zero-order chi connectivity index (χ0) is 19.3. The summed E-state index contributed by atoms with van der Waals surface area (Å²) in [6.07, 6.45) is 3.72. The van der Waals surface area contributed by atoms with Gasteiger partial charge < -0.3 is 9.88 Å². The zero-order valence-corrected chi connectivity index (χ0v) is 15.7. The number of aryl methyl sites for hydroxylation is 1. The van der Waals surface area contributed by atoms with Crippen molar-refractivity contribution in [2.75, 3.05) is 0 Å². The monoisotopic (exact) mass is 367 g/mol. The van der Waals surface area contributed by atoms with Crippen LogP contribution in [0.25, 0.3) is 16.8 Å². The molecule has 0 unspecified atom stereocenters. The van der Waals surface area contributed by atoms with Gasteiger partial charge in [-0.15, -0.1) is 0 Å². The molecule has 0 fully saturated rings. The highest BCUT2D eigenvalue weighted by Crippen LogP contribution is 2.19. The highest BCUT2D eigenvalue weighted by atomic mass is 16.1. The van der Waals surface area contributed by atoms with Crippen LogP contribution in [-0.4, -0.2) is 15.5 Å². The van der Waals surface area contributed by atoms with Crippen molar-refractivity contribution in [2.24, 2.45) is 0 Å². The van der Waals surface area contributed by atoms with Crippen LogP contribution < -0.4 is 5.32 Å². The molecule has 1 aromatic heterocycles. The lowest BCUT2D eigenvalue weighted by Gasteiger charge is -2.09. The number of carbonyl (C=O) groups excluding carboxylic acids is 1. The molecule has 4 aromatic rings. The molecule has 0 bridgehead atoms. The van der Waals surface area contributed by atoms with E-state index in [0.717, 1.165) is 28.2 Å². The largest absolute Gasteiger partial charge is 0.348 e. The molecule has 28 heavy (non-hydrogen) atoms. The Balaban J connectivity index is 1.38. The zero-order valence-electron chi connectivity index (χ0n) is 15.7. The van der Waals surface area contributed by atoms with E-state index >= 15 is 0 Å². The molecule has 4 nitrogen and oxygen atoms in total. The summed E-state index contributed by atoms with van der Waals surface area (Å²) in [5, 5.41) is 2.98. The van der Waals surface area contributed by atoms with E-state index in [1.807, 2.05) is 84.4 Å². The number of carbonyl (C=O) groups is 1. The lowest BCUT2D eigenvalue weighted by molar-refractivity contribution is 0.0951. The van der Waals surface area contributed by atoms with Crippen LogP contribution in [0.3, 0.4) is 0 Å². The molecule has 0 spiro atoms. The highest BCUT2D eigenvalue weighted by Gasteiger charge is 2.06. The van der Waals surface area contributed by atoms with E-state index in [4.69, 9.17) is 0 Å². The first kappa shape index (κ1) is 17.7. The molecule has 0 saturated carbocycles. The molecule has 138 valence electrons. The summed E-state index contributed by atoms with van der Waals surface area (Å²) >= 11 is 0. The van der Waals surface area contributed by atoms with Crippen molar-refractivity contribution in [1.29, 1.82) is 0 Å². The van der Waals surface area contributed by atoms with Crippen molar-refractivity contribution in [2.45, 2.75) is 13.5 Å². The first-order valence-electron chi connectivity index (χ1n) is 9.24.